The molecule has 0 atom stereocenters. The minimum absolute atomic E-state index is 0.146. The number of aryl methyl sites for hydroxylation is 3. The van der Waals surface area contributed by atoms with Crippen molar-refractivity contribution < 1.29 is 4.42 Å². The van der Waals surface area contributed by atoms with Crippen molar-refractivity contribution in [2.75, 3.05) is 0 Å². The minimum Gasteiger partial charge on any atom is -0.423 e. The highest BCUT2D eigenvalue weighted by atomic mass is 16.4. The highest BCUT2D eigenvalue weighted by Gasteiger charge is 2.12. The lowest BCUT2D eigenvalue weighted by Gasteiger charge is -2.13. The van der Waals surface area contributed by atoms with Crippen LogP contribution in [0.2, 0.25) is 0 Å². The summed E-state index contributed by atoms with van der Waals surface area (Å²) >= 11 is 0. The maximum atomic E-state index is 12.3. The van der Waals surface area contributed by atoms with Gasteiger partial charge in [-0.05, 0) is 61.8 Å². The van der Waals surface area contributed by atoms with Gasteiger partial charge in [-0.1, -0.05) is 65.4 Å². The Kier molecular flexibility index (Phi) is 8.94. The highest BCUT2D eigenvalue weighted by Crippen LogP contribution is 2.26. The van der Waals surface area contributed by atoms with Gasteiger partial charge in [-0.2, -0.15) is 0 Å². The number of fused-ring (bicyclic) bond motifs is 1. The molecule has 0 aliphatic rings. The summed E-state index contributed by atoms with van der Waals surface area (Å²) in [5.74, 6) is 0. The first-order valence-electron chi connectivity index (χ1n) is 10.8. The summed E-state index contributed by atoms with van der Waals surface area (Å²) in [6.45, 7) is 6.69. The molecule has 144 valence electrons. The molecule has 0 saturated carbocycles. The third kappa shape index (κ3) is 5.72. The third-order valence-electron chi connectivity index (χ3n) is 5.33. The molecular formula is C24H36O2. The van der Waals surface area contributed by atoms with E-state index in [0.29, 0.717) is 0 Å². The van der Waals surface area contributed by atoms with E-state index >= 15 is 0 Å². The molecule has 0 amide bonds. The predicted octanol–water partition coefficient (Wildman–Crippen LogP) is 6.99. The zero-order valence-electron chi connectivity index (χ0n) is 17.0. The Morgan fingerprint density at radius 2 is 1.31 bits per heavy atom. The largest absolute Gasteiger partial charge is 0.423 e. The van der Waals surface area contributed by atoms with Crippen molar-refractivity contribution in [2.45, 2.75) is 97.8 Å². The lowest BCUT2D eigenvalue weighted by Crippen LogP contribution is -2.08. The van der Waals surface area contributed by atoms with Crippen LogP contribution in [-0.2, 0) is 19.3 Å². The molecule has 1 heterocycles. The smallest absolute Gasteiger partial charge is 0.339 e. The fourth-order valence-electron chi connectivity index (χ4n) is 3.72. The second-order valence-corrected chi connectivity index (χ2v) is 7.55. The molecule has 0 aliphatic heterocycles. The first-order chi connectivity index (χ1) is 12.7. The van der Waals surface area contributed by atoms with Crippen LogP contribution in [0.15, 0.2) is 27.4 Å². The summed E-state index contributed by atoms with van der Waals surface area (Å²) in [7, 11) is 0. The molecule has 1 aromatic heterocycles. The Morgan fingerprint density at radius 3 is 1.92 bits per heavy atom. The van der Waals surface area contributed by atoms with E-state index in [1.807, 2.05) is 6.07 Å². The van der Waals surface area contributed by atoms with Gasteiger partial charge in [0, 0.05) is 10.9 Å². The molecule has 0 aliphatic carbocycles. The van der Waals surface area contributed by atoms with E-state index < -0.39 is 0 Å². The monoisotopic (exact) mass is 356 g/mol. The summed E-state index contributed by atoms with van der Waals surface area (Å²) in [4.78, 5) is 12.3. The van der Waals surface area contributed by atoms with Crippen LogP contribution in [0.5, 0.6) is 0 Å². The Morgan fingerprint density at radius 1 is 0.731 bits per heavy atom. The number of rotatable bonds is 12. The molecule has 0 saturated heterocycles. The van der Waals surface area contributed by atoms with Crippen LogP contribution < -0.4 is 5.63 Å². The molecule has 0 N–H and O–H groups in total. The van der Waals surface area contributed by atoms with Crippen molar-refractivity contribution in [1.82, 2.24) is 0 Å². The second-order valence-electron chi connectivity index (χ2n) is 7.55. The van der Waals surface area contributed by atoms with Gasteiger partial charge in [0.05, 0.1) is 0 Å². The fourth-order valence-corrected chi connectivity index (χ4v) is 3.72. The van der Waals surface area contributed by atoms with Gasteiger partial charge in [-0.3, -0.25) is 0 Å². The molecule has 2 aromatic rings. The molecule has 0 bridgehead atoms. The molecule has 0 spiro atoms. The molecular weight excluding hydrogens is 320 g/mol. The van der Waals surface area contributed by atoms with E-state index in [-0.39, 0.29) is 5.63 Å². The average molecular weight is 357 g/mol. The SMILES string of the molecule is CCCCCc1ccc2oc(=O)c(CCCCC)cc2c1CCCCC. The minimum atomic E-state index is -0.146. The predicted molar refractivity (Wildman–Crippen MR) is 112 cm³/mol. The van der Waals surface area contributed by atoms with E-state index in [1.165, 1.54) is 61.5 Å². The average Bonchev–Trinajstić information content (AvgIpc) is 2.64. The quantitative estimate of drug-likeness (QED) is 0.303. The zero-order chi connectivity index (χ0) is 18.8. The van der Waals surface area contributed by atoms with Gasteiger partial charge in [0.15, 0.2) is 0 Å². The topological polar surface area (TPSA) is 30.2 Å². The number of hydrogen-bond donors (Lipinski definition) is 0. The van der Waals surface area contributed by atoms with Gasteiger partial charge >= 0.3 is 5.63 Å². The molecule has 2 rings (SSSR count). The van der Waals surface area contributed by atoms with Crippen LogP contribution in [0, 0.1) is 0 Å². The van der Waals surface area contributed by atoms with Crippen molar-refractivity contribution >= 4 is 11.0 Å². The Labute approximate surface area is 159 Å². The Balaban J connectivity index is 2.38. The van der Waals surface area contributed by atoms with Crippen molar-refractivity contribution in [3.05, 3.63) is 45.3 Å². The molecule has 0 radical (unpaired) electrons. The second kappa shape index (κ2) is 11.2. The van der Waals surface area contributed by atoms with Gasteiger partial charge in [0.2, 0.25) is 0 Å². The van der Waals surface area contributed by atoms with Crippen LogP contribution in [0.3, 0.4) is 0 Å². The van der Waals surface area contributed by atoms with E-state index in [0.717, 1.165) is 43.3 Å². The summed E-state index contributed by atoms with van der Waals surface area (Å²) in [6, 6.07) is 6.34. The lowest BCUT2D eigenvalue weighted by molar-refractivity contribution is 0.545. The maximum absolute atomic E-state index is 12.3. The standard InChI is InChI=1S/C24H36O2/c1-4-7-10-13-19-16-17-23-22(21(19)15-12-9-6-3)18-20(24(25)26-23)14-11-8-5-2/h16-18H,4-15H2,1-3H3. The number of hydrogen-bond acceptors (Lipinski definition) is 2. The van der Waals surface area contributed by atoms with Crippen LogP contribution in [0.25, 0.3) is 11.0 Å². The van der Waals surface area contributed by atoms with E-state index in [1.54, 1.807) is 0 Å². The number of benzene rings is 1. The van der Waals surface area contributed by atoms with Gasteiger partial charge in [0.25, 0.3) is 0 Å². The van der Waals surface area contributed by atoms with Crippen LogP contribution in [-0.4, -0.2) is 0 Å². The molecule has 26 heavy (non-hydrogen) atoms. The summed E-state index contributed by atoms with van der Waals surface area (Å²) < 4.78 is 5.70. The Bertz CT molecular complexity index is 727. The van der Waals surface area contributed by atoms with Crippen molar-refractivity contribution in [3.8, 4) is 0 Å². The van der Waals surface area contributed by atoms with Crippen molar-refractivity contribution in [3.63, 3.8) is 0 Å². The maximum Gasteiger partial charge on any atom is 0.339 e. The lowest BCUT2D eigenvalue weighted by atomic mass is 9.93. The van der Waals surface area contributed by atoms with Crippen LogP contribution in [0.4, 0.5) is 0 Å². The zero-order valence-corrected chi connectivity index (χ0v) is 17.0. The molecule has 2 nitrogen and oxygen atoms in total. The molecule has 2 heteroatoms. The first kappa shape index (κ1) is 20.7. The normalized spacial score (nSPS) is 11.3. The molecule has 0 fully saturated rings. The fraction of sp³-hybridized carbons (Fsp3) is 0.625. The van der Waals surface area contributed by atoms with Crippen molar-refractivity contribution in [2.24, 2.45) is 0 Å². The van der Waals surface area contributed by atoms with Gasteiger partial charge in [-0.25, -0.2) is 4.79 Å². The van der Waals surface area contributed by atoms with Crippen molar-refractivity contribution in [1.29, 1.82) is 0 Å². The highest BCUT2D eigenvalue weighted by molar-refractivity contribution is 5.82. The first-order valence-corrected chi connectivity index (χ1v) is 10.8. The molecule has 0 unspecified atom stereocenters. The molecule has 1 aromatic carbocycles. The summed E-state index contributed by atoms with van der Waals surface area (Å²) in [5.41, 5.74) is 4.35. The van der Waals surface area contributed by atoms with E-state index in [4.69, 9.17) is 4.42 Å². The van der Waals surface area contributed by atoms with Gasteiger partial charge in [-0.15, -0.1) is 0 Å². The Hall–Kier alpha value is -1.57. The third-order valence-corrected chi connectivity index (χ3v) is 5.33. The number of unbranched alkanes of at least 4 members (excludes halogenated alkanes) is 6. The van der Waals surface area contributed by atoms with E-state index in [2.05, 4.69) is 32.9 Å². The van der Waals surface area contributed by atoms with Crippen LogP contribution in [0.1, 0.15) is 95.2 Å². The van der Waals surface area contributed by atoms with Gasteiger partial charge < -0.3 is 4.42 Å². The summed E-state index contributed by atoms with van der Waals surface area (Å²) in [5, 5.41) is 1.18. The van der Waals surface area contributed by atoms with E-state index in [9.17, 15) is 4.79 Å². The summed E-state index contributed by atoms with van der Waals surface area (Å²) in [6.07, 6.45) is 13.9. The van der Waals surface area contributed by atoms with Crippen LogP contribution >= 0.6 is 0 Å². The van der Waals surface area contributed by atoms with Gasteiger partial charge in [0.1, 0.15) is 5.58 Å².